The average Bonchev–Trinajstić information content (AvgIpc) is 2.56. The number of rotatable bonds is 3. The quantitative estimate of drug-likeness (QED) is 0.682. The molecule has 1 heterocycles. The Morgan fingerprint density at radius 1 is 1.26 bits per heavy atom. The zero-order valence-electron chi connectivity index (χ0n) is 8.76. The van der Waals surface area contributed by atoms with E-state index in [2.05, 4.69) is 21.6 Å². The van der Waals surface area contributed by atoms with Crippen LogP contribution in [0.25, 0.3) is 5.76 Å². The molecule has 0 saturated carbocycles. The Kier molecular flexibility index (Phi) is 5.08. The molecule has 1 aliphatic heterocycles. The second-order valence-corrected chi connectivity index (χ2v) is 6.12. The second kappa shape index (κ2) is 6.24. The number of benzene rings is 1. The molecule has 1 aliphatic rings. The van der Waals surface area contributed by atoms with Gasteiger partial charge < -0.3 is 4.84 Å². The molecule has 2 rings (SSSR count). The van der Waals surface area contributed by atoms with Crippen LogP contribution in [-0.2, 0) is 4.84 Å². The summed E-state index contributed by atoms with van der Waals surface area (Å²) < 4.78 is 26.0. The largest absolute Gasteiger partial charge is 0.372 e. The third-order valence-corrected chi connectivity index (χ3v) is 3.84. The molecule has 104 valence electrons. The van der Waals surface area contributed by atoms with Gasteiger partial charge in [0.1, 0.15) is 5.03 Å². The Hall–Kier alpha value is 0.0800. The molecule has 1 N–H and O–H groups in total. The highest BCUT2D eigenvalue weighted by Crippen LogP contribution is 2.42. The van der Waals surface area contributed by atoms with E-state index >= 15 is 0 Å². The van der Waals surface area contributed by atoms with Crippen LogP contribution in [0.2, 0.25) is 15.1 Å². The molecule has 0 spiro atoms. The molecule has 1 aromatic rings. The Labute approximate surface area is 135 Å². The smallest absolute Gasteiger partial charge is 0.290 e. The first-order valence-corrected chi connectivity index (χ1v) is 7.35. The van der Waals surface area contributed by atoms with Gasteiger partial charge in [-0.15, -0.1) is 0 Å². The number of hydrogen-bond acceptors (Lipinski definition) is 4. The monoisotopic (exact) mass is 410 g/mol. The van der Waals surface area contributed by atoms with Gasteiger partial charge in [-0.3, -0.25) is 5.43 Å². The van der Waals surface area contributed by atoms with Crippen molar-refractivity contribution in [2.75, 3.05) is 0 Å². The van der Waals surface area contributed by atoms with Crippen LogP contribution < -0.4 is 5.43 Å². The van der Waals surface area contributed by atoms with Gasteiger partial charge in [0.25, 0.3) is 5.76 Å². The molecule has 1 aromatic carbocycles. The minimum absolute atomic E-state index is 0.0815. The maximum Gasteiger partial charge on any atom is 0.290 e. The number of alkyl halides is 2. The fourth-order valence-corrected chi connectivity index (χ4v) is 3.35. The fourth-order valence-electron chi connectivity index (χ4n) is 1.36. The molecule has 0 fully saturated rings. The van der Waals surface area contributed by atoms with Gasteiger partial charge in [0.05, 0.1) is 31.8 Å². The average molecular weight is 412 g/mol. The second-order valence-electron chi connectivity index (χ2n) is 3.23. The van der Waals surface area contributed by atoms with Crippen molar-refractivity contribution in [2.45, 2.75) is 5.76 Å². The third-order valence-electron chi connectivity index (χ3n) is 2.01. The van der Waals surface area contributed by atoms with E-state index in [-0.39, 0.29) is 38.2 Å². The van der Waals surface area contributed by atoms with Crippen molar-refractivity contribution in [3.05, 3.63) is 37.8 Å². The summed E-state index contributed by atoms with van der Waals surface area (Å²) in [4.78, 5) is 5.21. The maximum absolute atomic E-state index is 12.5. The van der Waals surface area contributed by atoms with Crippen LogP contribution in [-0.4, -0.2) is 9.96 Å². The number of halogens is 6. The topological polar surface area (TPSA) is 24.5 Å². The van der Waals surface area contributed by atoms with Crippen molar-refractivity contribution in [3.8, 4) is 0 Å². The molecule has 0 saturated heterocycles. The van der Waals surface area contributed by atoms with Crippen LogP contribution in [0.1, 0.15) is 5.56 Å². The van der Waals surface area contributed by atoms with Gasteiger partial charge in [0.15, 0.2) is 5.76 Å². The van der Waals surface area contributed by atoms with Crippen molar-refractivity contribution < 1.29 is 13.6 Å². The van der Waals surface area contributed by atoms with Crippen molar-refractivity contribution in [1.82, 2.24) is 9.62 Å². The number of thioether (sulfide) groups is 1. The molecule has 0 unspecified atom stereocenters. The predicted octanol–water partition coefficient (Wildman–Crippen LogP) is 5.29. The number of hydrazine groups is 1. The molecule has 0 radical (unpaired) electrons. The van der Waals surface area contributed by atoms with Gasteiger partial charge in [-0.2, -0.15) is 8.78 Å². The lowest BCUT2D eigenvalue weighted by Crippen LogP contribution is -2.19. The number of nitrogens with one attached hydrogen (secondary N) is 1. The molecule has 3 nitrogen and oxygen atoms in total. The molecular weight excluding hydrogens is 408 g/mol. The highest BCUT2D eigenvalue weighted by atomic mass is 79.9. The van der Waals surface area contributed by atoms with Crippen LogP contribution in [0, 0.1) is 0 Å². The molecule has 19 heavy (non-hydrogen) atoms. The predicted molar refractivity (Wildman–Crippen MR) is 77.0 cm³/mol. The van der Waals surface area contributed by atoms with E-state index in [4.69, 9.17) is 39.6 Å². The van der Waals surface area contributed by atoms with Crippen LogP contribution in [0.3, 0.4) is 0 Å². The van der Waals surface area contributed by atoms with E-state index in [1.165, 1.54) is 12.1 Å². The lowest BCUT2D eigenvalue weighted by Gasteiger charge is -2.09. The first-order valence-electron chi connectivity index (χ1n) is 4.63. The lowest BCUT2D eigenvalue weighted by atomic mass is 10.2. The van der Waals surface area contributed by atoms with Crippen LogP contribution in [0.4, 0.5) is 8.78 Å². The van der Waals surface area contributed by atoms with Gasteiger partial charge in [-0.1, -0.05) is 34.8 Å². The fraction of sp³-hybridized carbons (Fsp3) is 0.111. The summed E-state index contributed by atoms with van der Waals surface area (Å²) in [5.41, 5.74) is 2.83. The van der Waals surface area contributed by atoms with Gasteiger partial charge >= 0.3 is 0 Å². The molecule has 0 amide bonds. The summed E-state index contributed by atoms with van der Waals surface area (Å²) in [7, 11) is 0. The zero-order chi connectivity index (χ0) is 14.2. The minimum atomic E-state index is -2.62. The van der Waals surface area contributed by atoms with E-state index in [9.17, 15) is 8.78 Å². The zero-order valence-corrected chi connectivity index (χ0v) is 13.4. The molecular formula is C9H4BrCl3F2N2OS. The minimum Gasteiger partial charge on any atom is -0.372 e. The Bertz CT molecular complexity index is 523. The van der Waals surface area contributed by atoms with Crippen molar-refractivity contribution in [3.63, 3.8) is 0 Å². The Morgan fingerprint density at radius 3 is 2.37 bits per heavy atom. The maximum atomic E-state index is 12.5. The lowest BCUT2D eigenvalue weighted by molar-refractivity contribution is 0.0169. The van der Waals surface area contributed by atoms with Crippen molar-refractivity contribution >= 4 is 68.5 Å². The van der Waals surface area contributed by atoms with E-state index in [1.807, 2.05) is 0 Å². The first-order chi connectivity index (χ1) is 8.88. The standard InChI is InChI=1S/C9H4BrCl3F2N2OS/c10-17-16-8(19-9(14)15)7(18-17)6-4(12)1-3(11)2-5(6)13/h1-2,9,16H. The SMILES string of the molecule is FC(F)SC1=C(c2c(Cl)cc(Cl)cc2Cl)ON(Br)N1. The van der Waals surface area contributed by atoms with Crippen molar-refractivity contribution in [2.24, 2.45) is 0 Å². The summed E-state index contributed by atoms with van der Waals surface area (Å²) in [6.45, 7) is 0. The number of hydrogen-bond donors (Lipinski definition) is 1. The molecule has 0 atom stereocenters. The third kappa shape index (κ3) is 3.59. The van der Waals surface area contributed by atoms with Crippen LogP contribution in [0.5, 0.6) is 0 Å². The number of nitrogens with zero attached hydrogens (tertiary/aromatic N) is 1. The van der Waals surface area contributed by atoms with Gasteiger partial charge in [0.2, 0.25) is 0 Å². The molecule has 10 heteroatoms. The summed E-state index contributed by atoms with van der Waals surface area (Å²) in [6, 6.07) is 2.89. The van der Waals surface area contributed by atoms with Crippen LogP contribution >= 0.6 is 62.7 Å². The van der Waals surface area contributed by atoms with E-state index < -0.39 is 5.76 Å². The van der Waals surface area contributed by atoms with Gasteiger partial charge in [-0.25, -0.2) is 0 Å². The van der Waals surface area contributed by atoms with Crippen LogP contribution in [0.15, 0.2) is 17.2 Å². The van der Waals surface area contributed by atoms with E-state index in [0.29, 0.717) is 5.02 Å². The Morgan fingerprint density at radius 2 is 1.84 bits per heavy atom. The summed E-state index contributed by atoms with van der Waals surface area (Å²) in [5, 5.41) is 0.816. The first kappa shape index (κ1) is 15.5. The normalized spacial score (nSPS) is 15.9. The van der Waals surface area contributed by atoms with E-state index in [0.717, 1.165) is 4.20 Å². The highest BCUT2D eigenvalue weighted by molar-refractivity contribution is 9.07. The van der Waals surface area contributed by atoms with E-state index in [1.54, 1.807) is 0 Å². The Balaban J connectivity index is 2.49. The van der Waals surface area contributed by atoms with Gasteiger partial charge in [-0.05, 0) is 23.9 Å². The van der Waals surface area contributed by atoms with Crippen molar-refractivity contribution in [1.29, 1.82) is 0 Å². The molecule has 0 bridgehead atoms. The van der Waals surface area contributed by atoms with Gasteiger partial charge in [0, 0.05) is 9.22 Å². The summed E-state index contributed by atoms with van der Waals surface area (Å²) in [6.07, 6.45) is 0. The highest BCUT2D eigenvalue weighted by Gasteiger charge is 2.29. The summed E-state index contributed by atoms with van der Waals surface area (Å²) in [5.74, 6) is -2.53. The molecule has 0 aromatic heterocycles. The summed E-state index contributed by atoms with van der Waals surface area (Å²) >= 11 is 21.1. The molecule has 0 aliphatic carbocycles.